The Labute approximate surface area is 137 Å². The Kier molecular flexibility index (Phi) is 6.73. The van der Waals surface area contributed by atoms with Crippen LogP contribution in [0.15, 0.2) is 12.4 Å². The van der Waals surface area contributed by atoms with Gasteiger partial charge in [0.05, 0.1) is 12.4 Å². The second kappa shape index (κ2) is 8.79. The Morgan fingerprint density at radius 2 is 2.30 bits per heavy atom. The van der Waals surface area contributed by atoms with Crippen molar-refractivity contribution in [3.05, 3.63) is 18.1 Å². The van der Waals surface area contributed by atoms with Gasteiger partial charge in [-0.2, -0.15) is 0 Å². The van der Waals surface area contributed by atoms with Crippen molar-refractivity contribution in [3.8, 4) is 0 Å². The number of rotatable bonds is 7. The molecular formula is C16H27N5O2. The highest BCUT2D eigenvalue weighted by Crippen LogP contribution is 2.15. The molecule has 0 aliphatic carbocycles. The topological polar surface area (TPSA) is 81.6 Å². The van der Waals surface area contributed by atoms with E-state index < -0.39 is 0 Å². The standard InChI is InChI=1S/C16H27N5O2/c1-20(2)16(23)14-9-17-10-15(19-14)18-6-4-8-21-7-3-5-13(11-21)12-22/h9-10,13,22H,3-8,11-12H2,1-2H3,(H,18,19). The molecule has 2 heterocycles. The van der Waals surface area contributed by atoms with Gasteiger partial charge in [-0.3, -0.25) is 9.78 Å². The number of nitrogens with zero attached hydrogens (tertiary/aromatic N) is 4. The van der Waals surface area contributed by atoms with Crippen molar-refractivity contribution in [2.24, 2.45) is 5.92 Å². The Morgan fingerprint density at radius 1 is 1.48 bits per heavy atom. The fraction of sp³-hybridized carbons (Fsp3) is 0.688. The summed E-state index contributed by atoms with van der Waals surface area (Å²) < 4.78 is 0. The van der Waals surface area contributed by atoms with E-state index in [1.165, 1.54) is 17.5 Å². The van der Waals surface area contributed by atoms with Crippen LogP contribution in [0, 0.1) is 5.92 Å². The molecule has 23 heavy (non-hydrogen) atoms. The molecule has 1 aromatic heterocycles. The number of likely N-dealkylation sites (tertiary alicyclic amines) is 1. The SMILES string of the molecule is CN(C)C(=O)c1cncc(NCCCN2CCCC(CO)C2)n1. The number of aromatic nitrogens is 2. The number of aliphatic hydroxyl groups is 1. The molecule has 1 aliphatic rings. The van der Waals surface area contributed by atoms with Crippen LogP contribution >= 0.6 is 0 Å². The maximum atomic E-state index is 11.9. The predicted molar refractivity (Wildman–Crippen MR) is 89.4 cm³/mol. The number of anilines is 1. The zero-order chi connectivity index (χ0) is 16.7. The van der Waals surface area contributed by atoms with E-state index in [0.717, 1.165) is 39.0 Å². The van der Waals surface area contributed by atoms with Crippen molar-refractivity contribution in [1.82, 2.24) is 19.8 Å². The van der Waals surface area contributed by atoms with Crippen LogP contribution in [0.25, 0.3) is 0 Å². The van der Waals surface area contributed by atoms with E-state index in [1.807, 2.05) is 0 Å². The molecule has 7 nitrogen and oxygen atoms in total. The highest BCUT2D eigenvalue weighted by molar-refractivity contribution is 5.91. The molecule has 128 valence electrons. The third-order valence-corrected chi connectivity index (χ3v) is 4.08. The van der Waals surface area contributed by atoms with Crippen LogP contribution in [0.1, 0.15) is 29.8 Å². The third kappa shape index (κ3) is 5.44. The zero-order valence-corrected chi connectivity index (χ0v) is 14.0. The predicted octanol–water partition coefficient (Wildman–Crippen LogP) is 0.685. The van der Waals surface area contributed by atoms with Gasteiger partial charge < -0.3 is 20.2 Å². The van der Waals surface area contributed by atoms with Crippen LogP contribution in [0.3, 0.4) is 0 Å². The number of carbonyl (C=O) groups excluding carboxylic acids is 1. The minimum absolute atomic E-state index is 0.149. The van der Waals surface area contributed by atoms with Crippen LogP contribution in [0.2, 0.25) is 0 Å². The highest BCUT2D eigenvalue weighted by Gasteiger charge is 2.18. The number of hydrogen-bond acceptors (Lipinski definition) is 6. The fourth-order valence-corrected chi connectivity index (χ4v) is 2.81. The Morgan fingerprint density at radius 3 is 3.04 bits per heavy atom. The quantitative estimate of drug-likeness (QED) is 0.719. The summed E-state index contributed by atoms with van der Waals surface area (Å²) in [5, 5.41) is 12.5. The summed E-state index contributed by atoms with van der Waals surface area (Å²) >= 11 is 0. The number of amides is 1. The van der Waals surface area contributed by atoms with Gasteiger partial charge in [0.2, 0.25) is 0 Å². The molecule has 1 aliphatic heterocycles. The van der Waals surface area contributed by atoms with Crippen LogP contribution in [-0.2, 0) is 0 Å². The third-order valence-electron chi connectivity index (χ3n) is 4.08. The fourth-order valence-electron chi connectivity index (χ4n) is 2.81. The molecule has 7 heteroatoms. The summed E-state index contributed by atoms with van der Waals surface area (Å²) in [6, 6.07) is 0. The summed E-state index contributed by atoms with van der Waals surface area (Å²) in [4.78, 5) is 24.1. The lowest BCUT2D eigenvalue weighted by Crippen LogP contribution is -2.37. The highest BCUT2D eigenvalue weighted by atomic mass is 16.3. The summed E-state index contributed by atoms with van der Waals surface area (Å²) in [5.41, 5.74) is 0.349. The van der Waals surface area contributed by atoms with E-state index >= 15 is 0 Å². The Hall–Kier alpha value is -1.73. The van der Waals surface area contributed by atoms with Gasteiger partial charge in [-0.25, -0.2) is 4.98 Å². The van der Waals surface area contributed by atoms with Crippen LogP contribution < -0.4 is 5.32 Å². The van der Waals surface area contributed by atoms with Crippen molar-refractivity contribution >= 4 is 11.7 Å². The van der Waals surface area contributed by atoms with Gasteiger partial charge in [-0.1, -0.05) is 0 Å². The second-order valence-electron chi connectivity index (χ2n) is 6.26. The number of hydrogen-bond donors (Lipinski definition) is 2. The second-order valence-corrected chi connectivity index (χ2v) is 6.26. The molecule has 0 bridgehead atoms. The van der Waals surface area contributed by atoms with Crippen molar-refractivity contribution < 1.29 is 9.90 Å². The van der Waals surface area contributed by atoms with Crippen molar-refractivity contribution in [2.45, 2.75) is 19.3 Å². The van der Waals surface area contributed by atoms with Gasteiger partial charge in [-0.05, 0) is 38.3 Å². The summed E-state index contributed by atoms with van der Waals surface area (Å²) in [7, 11) is 3.39. The molecule has 2 rings (SSSR count). The van der Waals surface area contributed by atoms with Gasteiger partial charge in [0.25, 0.3) is 5.91 Å². The molecule has 0 aromatic carbocycles. The summed E-state index contributed by atoms with van der Waals surface area (Å²) in [6.07, 6.45) is 6.41. The number of carbonyl (C=O) groups is 1. The first-order valence-electron chi connectivity index (χ1n) is 8.21. The van der Waals surface area contributed by atoms with Gasteiger partial charge in [0.1, 0.15) is 11.5 Å². The van der Waals surface area contributed by atoms with Gasteiger partial charge >= 0.3 is 0 Å². The summed E-state index contributed by atoms with van der Waals surface area (Å²) in [5.74, 6) is 0.908. The van der Waals surface area contributed by atoms with Gasteiger partial charge in [0, 0.05) is 33.8 Å². The molecule has 1 unspecified atom stereocenters. The van der Waals surface area contributed by atoms with Crippen molar-refractivity contribution in [1.29, 1.82) is 0 Å². The maximum Gasteiger partial charge on any atom is 0.273 e. The molecule has 1 atom stereocenters. The molecule has 2 N–H and O–H groups in total. The van der Waals surface area contributed by atoms with Gasteiger partial charge in [-0.15, -0.1) is 0 Å². The molecule has 1 aromatic rings. The lowest BCUT2D eigenvalue weighted by Gasteiger charge is -2.31. The number of piperidine rings is 1. The molecule has 0 saturated carbocycles. The largest absolute Gasteiger partial charge is 0.396 e. The first-order valence-corrected chi connectivity index (χ1v) is 8.21. The zero-order valence-electron chi connectivity index (χ0n) is 14.0. The van der Waals surface area contributed by atoms with Crippen molar-refractivity contribution in [2.75, 3.05) is 52.2 Å². The first-order chi connectivity index (χ1) is 11.1. The molecular weight excluding hydrogens is 294 g/mol. The van der Waals surface area contributed by atoms with E-state index in [-0.39, 0.29) is 12.5 Å². The molecule has 0 radical (unpaired) electrons. The minimum Gasteiger partial charge on any atom is -0.396 e. The first kappa shape index (κ1) is 17.6. The molecule has 1 amide bonds. The molecule has 0 spiro atoms. The Balaban J connectivity index is 1.74. The van der Waals surface area contributed by atoms with Crippen LogP contribution in [-0.4, -0.2) is 77.7 Å². The van der Waals surface area contributed by atoms with E-state index in [0.29, 0.717) is 17.4 Å². The maximum absolute atomic E-state index is 11.9. The van der Waals surface area contributed by atoms with Crippen LogP contribution in [0.5, 0.6) is 0 Å². The number of aliphatic hydroxyl groups excluding tert-OH is 1. The molecule has 1 saturated heterocycles. The van der Waals surface area contributed by atoms with E-state index in [9.17, 15) is 9.90 Å². The Bertz CT molecular complexity index is 509. The van der Waals surface area contributed by atoms with Crippen LogP contribution in [0.4, 0.5) is 5.82 Å². The average Bonchev–Trinajstić information content (AvgIpc) is 2.58. The lowest BCUT2D eigenvalue weighted by atomic mass is 9.99. The van der Waals surface area contributed by atoms with E-state index in [4.69, 9.17) is 0 Å². The minimum atomic E-state index is -0.149. The normalized spacial score (nSPS) is 18.7. The summed E-state index contributed by atoms with van der Waals surface area (Å²) in [6.45, 7) is 4.19. The average molecular weight is 321 g/mol. The van der Waals surface area contributed by atoms with Gasteiger partial charge in [0.15, 0.2) is 0 Å². The lowest BCUT2D eigenvalue weighted by molar-refractivity contribution is 0.0821. The van der Waals surface area contributed by atoms with Crippen molar-refractivity contribution in [3.63, 3.8) is 0 Å². The number of nitrogens with one attached hydrogen (secondary N) is 1. The monoisotopic (exact) mass is 321 g/mol. The molecule has 1 fully saturated rings. The van der Waals surface area contributed by atoms with E-state index in [1.54, 1.807) is 20.3 Å². The van der Waals surface area contributed by atoms with E-state index in [2.05, 4.69) is 20.2 Å². The smallest absolute Gasteiger partial charge is 0.273 e.